The summed E-state index contributed by atoms with van der Waals surface area (Å²) in [6.45, 7) is 2.82. The van der Waals surface area contributed by atoms with E-state index in [4.69, 9.17) is 16.2 Å². The summed E-state index contributed by atoms with van der Waals surface area (Å²) >= 11 is 0. The molecule has 19 heavy (non-hydrogen) atoms. The Bertz CT molecular complexity index is 519. The molecule has 0 aliphatic heterocycles. The molecule has 2 rings (SSSR count). The number of anilines is 2. The molecule has 100 valence electrons. The van der Waals surface area contributed by atoms with Crippen molar-refractivity contribution in [2.75, 3.05) is 18.1 Å². The minimum atomic E-state index is 0.206. The van der Waals surface area contributed by atoms with Gasteiger partial charge in [0.05, 0.1) is 12.3 Å². The molecule has 5 heteroatoms. The molecule has 1 aromatic heterocycles. The van der Waals surface area contributed by atoms with Gasteiger partial charge in [0.25, 0.3) is 0 Å². The number of hydrogen-bond donors (Lipinski definition) is 2. The zero-order valence-corrected chi connectivity index (χ0v) is 11.0. The zero-order chi connectivity index (χ0) is 13.7. The van der Waals surface area contributed by atoms with Crippen LogP contribution in [-0.4, -0.2) is 16.6 Å². The highest BCUT2D eigenvalue weighted by Gasteiger charge is 2.02. The lowest BCUT2D eigenvalue weighted by molar-refractivity contribution is 0.317. The number of rotatable bonds is 5. The molecular weight excluding hydrogens is 240 g/mol. The predicted octanol–water partition coefficient (Wildman–Crippen LogP) is 2.02. The van der Waals surface area contributed by atoms with Gasteiger partial charge in [0.15, 0.2) is 0 Å². The van der Waals surface area contributed by atoms with Crippen molar-refractivity contribution in [1.82, 2.24) is 9.97 Å². The van der Waals surface area contributed by atoms with E-state index in [1.54, 1.807) is 6.07 Å². The first-order valence-electron chi connectivity index (χ1n) is 6.28. The minimum Gasteiger partial charge on any atom is -0.494 e. The van der Waals surface area contributed by atoms with Crippen LogP contribution in [0, 0.1) is 0 Å². The van der Waals surface area contributed by atoms with E-state index >= 15 is 0 Å². The summed E-state index contributed by atoms with van der Waals surface area (Å²) in [5.74, 6) is 1.48. The molecule has 1 heterocycles. The first-order chi connectivity index (χ1) is 9.17. The Morgan fingerprint density at radius 3 is 2.47 bits per heavy atom. The van der Waals surface area contributed by atoms with E-state index in [1.807, 2.05) is 24.3 Å². The van der Waals surface area contributed by atoms with Crippen LogP contribution in [0.1, 0.15) is 24.6 Å². The molecule has 4 N–H and O–H groups in total. The van der Waals surface area contributed by atoms with Crippen molar-refractivity contribution in [3.8, 4) is 5.75 Å². The number of aromatic nitrogens is 2. The van der Waals surface area contributed by atoms with Gasteiger partial charge in [-0.1, -0.05) is 19.1 Å². The van der Waals surface area contributed by atoms with E-state index in [0.29, 0.717) is 12.2 Å². The van der Waals surface area contributed by atoms with E-state index < -0.39 is 0 Å². The highest BCUT2D eigenvalue weighted by Crippen LogP contribution is 2.15. The van der Waals surface area contributed by atoms with Crippen LogP contribution >= 0.6 is 0 Å². The smallest absolute Gasteiger partial charge is 0.222 e. The molecule has 0 atom stereocenters. The molecule has 1 aromatic carbocycles. The largest absolute Gasteiger partial charge is 0.494 e. The Kier molecular flexibility index (Phi) is 4.18. The van der Waals surface area contributed by atoms with Crippen molar-refractivity contribution >= 4 is 11.8 Å². The predicted molar refractivity (Wildman–Crippen MR) is 75.9 cm³/mol. The Hall–Kier alpha value is -2.30. The van der Waals surface area contributed by atoms with Crippen LogP contribution in [0.4, 0.5) is 11.8 Å². The number of ether oxygens (including phenoxy) is 1. The normalized spacial score (nSPS) is 10.4. The lowest BCUT2D eigenvalue weighted by atomic mass is 10.1. The van der Waals surface area contributed by atoms with Gasteiger partial charge < -0.3 is 16.2 Å². The maximum Gasteiger partial charge on any atom is 0.222 e. The van der Waals surface area contributed by atoms with Crippen molar-refractivity contribution in [2.24, 2.45) is 0 Å². The van der Waals surface area contributed by atoms with Gasteiger partial charge in [0.2, 0.25) is 5.95 Å². The highest BCUT2D eigenvalue weighted by molar-refractivity contribution is 5.38. The van der Waals surface area contributed by atoms with Crippen molar-refractivity contribution in [3.63, 3.8) is 0 Å². The van der Waals surface area contributed by atoms with Crippen LogP contribution in [0.15, 0.2) is 30.3 Å². The first kappa shape index (κ1) is 13.1. The molecule has 0 aliphatic rings. The van der Waals surface area contributed by atoms with Gasteiger partial charge in [-0.15, -0.1) is 0 Å². The van der Waals surface area contributed by atoms with Gasteiger partial charge in [0, 0.05) is 12.5 Å². The molecule has 0 saturated carbocycles. The second-order valence-electron chi connectivity index (χ2n) is 4.31. The van der Waals surface area contributed by atoms with E-state index in [0.717, 1.165) is 30.0 Å². The molecule has 0 amide bonds. The number of hydrogen-bond acceptors (Lipinski definition) is 5. The molecule has 5 nitrogen and oxygen atoms in total. The molecule has 0 aliphatic carbocycles. The van der Waals surface area contributed by atoms with Crippen molar-refractivity contribution in [2.45, 2.75) is 19.8 Å². The summed E-state index contributed by atoms with van der Waals surface area (Å²) in [6.07, 6.45) is 1.67. The van der Waals surface area contributed by atoms with Gasteiger partial charge in [-0.25, -0.2) is 4.98 Å². The van der Waals surface area contributed by atoms with Gasteiger partial charge in [0.1, 0.15) is 11.6 Å². The third-order valence-electron chi connectivity index (χ3n) is 2.60. The second-order valence-corrected chi connectivity index (χ2v) is 4.31. The third-order valence-corrected chi connectivity index (χ3v) is 2.60. The van der Waals surface area contributed by atoms with Gasteiger partial charge >= 0.3 is 0 Å². The van der Waals surface area contributed by atoms with E-state index in [2.05, 4.69) is 16.9 Å². The standard InChI is InChI=1S/C14H18N4O/c1-2-7-19-12-5-3-10(4-6-12)8-11-9-13(15)18-14(16)17-11/h3-6,9H,2,7-8H2,1H3,(H4,15,16,17,18). The molecule has 0 fully saturated rings. The summed E-state index contributed by atoms with van der Waals surface area (Å²) in [5.41, 5.74) is 13.1. The molecule has 2 aromatic rings. The van der Waals surface area contributed by atoms with Gasteiger partial charge in [-0.05, 0) is 24.1 Å². The molecular formula is C14H18N4O. The van der Waals surface area contributed by atoms with Crippen LogP contribution in [0.3, 0.4) is 0 Å². The summed E-state index contributed by atoms with van der Waals surface area (Å²) in [4.78, 5) is 8.00. The molecule has 0 unspecified atom stereocenters. The molecule has 0 spiro atoms. The van der Waals surface area contributed by atoms with Crippen LogP contribution in [0.25, 0.3) is 0 Å². The van der Waals surface area contributed by atoms with Crippen LogP contribution in [0.2, 0.25) is 0 Å². The van der Waals surface area contributed by atoms with Crippen LogP contribution in [-0.2, 0) is 6.42 Å². The SMILES string of the molecule is CCCOc1ccc(Cc2cc(N)nc(N)n2)cc1. The summed E-state index contributed by atoms with van der Waals surface area (Å²) in [7, 11) is 0. The molecule has 0 bridgehead atoms. The minimum absolute atomic E-state index is 0.206. The fourth-order valence-electron chi connectivity index (χ4n) is 1.76. The van der Waals surface area contributed by atoms with E-state index in [9.17, 15) is 0 Å². The lowest BCUT2D eigenvalue weighted by Gasteiger charge is -2.06. The fraction of sp³-hybridized carbons (Fsp3) is 0.286. The molecule has 0 radical (unpaired) electrons. The lowest BCUT2D eigenvalue weighted by Crippen LogP contribution is -2.03. The summed E-state index contributed by atoms with van der Waals surface area (Å²) in [6, 6.07) is 9.68. The molecule has 0 saturated heterocycles. The Labute approximate surface area is 112 Å². The number of nitrogens with two attached hydrogens (primary N) is 2. The maximum absolute atomic E-state index is 5.64. The van der Waals surface area contributed by atoms with Gasteiger partial charge in [-0.3, -0.25) is 0 Å². The topological polar surface area (TPSA) is 87.0 Å². The van der Waals surface area contributed by atoms with Crippen molar-refractivity contribution in [3.05, 3.63) is 41.6 Å². The third kappa shape index (κ3) is 3.84. The fourth-order valence-corrected chi connectivity index (χ4v) is 1.76. The van der Waals surface area contributed by atoms with Crippen LogP contribution in [0.5, 0.6) is 5.75 Å². The Balaban J connectivity index is 2.06. The Morgan fingerprint density at radius 2 is 1.84 bits per heavy atom. The number of benzene rings is 1. The van der Waals surface area contributed by atoms with Crippen molar-refractivity contribution in [1.29, 1.82) is 0 Å². The quantitative estimate of drug-likeness (QED) is 0.856. The number of nitrogens with zero attached hydrogens (tertiary/aromatic N) is 2. The second kappa shape index (κ2) is 6.04. The first-order valence-corrected chi connectivity index (χ1v) is 6.28. The van der Waals surface area contributed by atoms with Gasteiger partial charge in [-0.2, -0.15) is 4.98 Å². The summed E-state index contributed by atoms with van der Waals surface area (Å²) < 4.78 is 5.53. The zero-order valence-electron chi connectivity index (χ0n) is 11.0. The average Bonchev–Trinajstić information content (AvgIpc) is 2.37. The average molecular weight is 258 g/mol. The van der Waals surface area contributed by atoms with E-state index in [-0.39, 0.29) is 5.95 Å². The van der Waals surface area contributed by atoms with Crippen LogP contribution < -0.4 is 16.2 Å². The maximum atomic E-state index is 5.64. The Morgan fingerprint density at radius 1 is 1.11 bits per heavy atom. The van der Waals surface area contributed by atoms with Crippen molar-refractivity contribution < 1.29 is 4.74 Å². The van der Waals surface area contributed by atoms with E-state index in [1.165, 1.54) is 0 Å². The highest BCUT2D eigenvalue weighted by atomic mass is 16.5. The summed E-state index contributed by atoms with van der Waals surface area (Å²) in [5, 5.41) is 0. The monoisotopic (exact) mass is 258 g/mol. The number of nitrogen functional groups attached to an aromatic ring is 2.